The molecule has 94 valence electrons. The van der Waals surface area contributed by atoms with E-state index in [1.54, 1.807) is 18.2 Å². The second-order valence-corrected chi connectivity index (χ2v) is 4.32. The molecule has 0 saturated carbocycles. The van der Waals surface area contributed by atoms with E-state index in [1.807, 2.05) is 30.3 Å². The molecule has 3 rings (SSSR count). The van der Waals surface area contributed by atoms with Crippen LogP contribution in [0.25, 0.3) is 11.0 Å². The van der Waals surface area contributed by atoms with Gasteiger partial charge in [-0.05, 0) is 17.7 Å². The summed E-state index contributed by atoms with van der Waals surface area (Å²) in [5.41, 5.74) is 2.73. The van der Waals surface area contributed by atoms with Crippen LogP contribution < -0.4 is 5.11 Å². The van der Waals surface area contributed by atoms with Crippen LogP contribution in [0, 0.1) is 0 Å². The topological polar surface area (TPSA) is 68.8 Å². The summed E-state index contributed by atoms with van der Waals surface area (Å²) < 4.78 is 0. The van der Waals surface area contributed by atoms with Crippen molar-refractivity contribution in [2.24, 2.45) is 0 Å². The lowest BCUT2D eigenvalue weighted by atomic mass is 10.0. The number of H-pyrrole nitrogens is 1. The lowest BCUT2D eigenvalue weighted by Crippen LogP contribution is -2.23. The highest BCUT2D eigenvalue weighted by molar-refractivity contribution is 5.87. The summed E-state index contributed by atoms with van der Waals surface area (Å²) in [6, 6.07) is 14.5. The third-order valence-corrected chi connectivity index (χ3v) is 3.03. The molecule has 0 bridgehead atoms. The number of hydrogen-bond acceptors (Lipinski definition) is 3. The molecule has 0 spiro atoms. The molecule has 0 unspecified atom stereocenters. The van der Waals surface area contributed by atoms with E-state index in [2.05, 4.69) is 9.97 Å². The first kappa shape index (κ1) is 11.5. The molecule has 1 aromatic heterocycles. The summed E-state index contributed by atoms with van der Waals surface area (Å²) in [6.07, 6.45) is 0.443. The monoisotopic (exact) mass is 251 g/mol. The van der Waals surface area contributed by atoms with Gasteiger partial charge in [0.25, 0.3) is 0 Å². The van der Waals surface area contributed by atoms with Crippen molar-refractivity contribution in [3.63, 3.8) is 0 Å². The molecular formula is C15H11N2O2-. The zero-order chi connectivity index (χ0) is 13.2. The van der Waals surface area contributed by atoms with E-state index in [9.17, 15) is 9.90 Å². The van der Waals surface area contributed by atoms with Gasteiger partial charge in [-0.2, -0.15) is 0 Å². The standard InChI is InChI=1S/C15H12N2O2/c18-15(19)11-6-2-1-5-10(11)9-14-16-12-7-3-4-8-13(12)17-14/h1-8H,9H2,(H,16,17)(H,18,19)/p-1. The first-order valence-corrected chi connectivity index (χ1v) is 5.97. The van der Waals surface area contributed by atoms with Crippen molar-refractivity contribution < 1.29 is 9.90 Å². The summed E-state index contributed by atoms with van der Waals surface area (Å²) in [4.78, 5) is 18.7. The minimum Gasteiger partial charge on any atom is -0.545 e. The number of carbonyl (C=O) groups is 1. The number of aromatic carboxylic acids is 1. The van der Waals surface area contributed by atoms with Gasteiger partial charge < -0.3 is 14.9 Å². The van der Waals surface area contributed by atoms with Gasteiger partial charge in [-0.25, -0.2) is 4.98 Å². The van der Waals surface area contributed by atoms with Gasteiger partial charge >= 0.3 is 0 Å². The van der Waals surface area contributed by atoms with Crippen molar-refractivity contribution >= 4 is 17.0 Å². The van der Waals surface area contributed by atoms with Crippen LogP contribution in [0.15, 0.2) is 48.5 Å². The summed E-state index contributed by atoms with van der Waals surface area (Å²) >= 11 is 0. The number of benzene rings is 2. The number of fused-ring (bicyclic) bond motifs is 1. The van der Waals surface area contributed by atoms with Crippen LogP contribution >= 0.6 is 0 Å². The van der Waals surface area contributed by atoms with Gasteiger partial charge in [0.05, 0.1) is 17.0 Å². The molecule has 0 amide bonds. The molecule has 0 radical (unpaired) electrons. The Morgan fingerprint density at radius 3 is 2.63 bits per heavy atom. The Morgan fingerprint density at radius 2 is 1.84 bits per heavy atom. The van der Waals surface area contributed by atoms with Crippen molar-refractivity contribution in [2.45, 2.75) is 6.42 Å². The Morgan fingerprint density at radius 1 is 1.11 bits per heavy atom. The number of para-hydroxylation sites is 2. The molecule has 0 saturated heterocycles. The molecule has 1 N–H and O–H groups in total. The molecule has 4 heteroatoms. The molecule has 0 aliphatic rings. The maximum atomic E-state index is 11.0. The van der Waals surface area contributed by atoms with Gasteiger partial charge in [-0.1, -0.05) is 36.4 Å². The summed E-state index contributed by atoms with van der Waals surface area (Å²) in [5.74, 6) is -0.415. The van der Waals surface area contributed by atoms with Crippen LogP contribution in [0.3, 0.4) is 0 Å². The van der Waals surface area contributed by atoms with Gasteiger partial charge in [0.2, 0.25) is 0 Å². The van der Waals surface area contributed by atoms with Gasteiger partial charge in [0.1, 0.15) is 5.82 Å². The highest BCUT2D eigenvalue weighted by Gasteiger charge is 2.07. The number of carboxylic acids is 1. The van der Waals surface area contributed by atoms with Crippen molar-refractivity contribution in [3.8, 4) is 0 Å². The van der Waals surface area contributed by atoms with E-state index in [0.717, 1.165) is 16.9 Å². The van der Waals surface area contributed by atoms with Crippen LogP contribution in [0.5, 0.6) is 0 Å². The van der Waals surface area contributed by atoms with Crippen molar-refractivity contribution in [1.29, 1.82) is 0 Å². The maximum Gasteiger partial charge on any atom is 0.111 e. The largest absolute Gasteiger partial charge is 0.545 e. The summed E-state index contributed by atoms with van der Waals surface area (Å²) in [6.45, 7) is 0. The van der Waals surface area contributed by atoms with E-state index in [0.29, 0.717) is 12.0 Å². The molecule has 0 atom stereocenters. The second-order valence-electron chi connectivity index (χ2n) is 4.32. The first-order valence-electron chi connectivity index (χ1n) is 5.97. The number of rotatable bonds is 3. The fraction of sp³-hybridized carbons (Fsp3) is 0.0667. The van der Waals surface area contributed by atoms with E-state index in [-0.39, 0.29) is 5.56 Å². The number of carboxylic acid groups (broad SMARTS) is 1. The average molecular weight is 251 g/mol. The molecular weight excluding hydrogens is 240 g/mol. The normalized spacial score (nSPS) is 10.7. The quantitative estimate of drug-likeness (QED) is 0.767. The minimum absolute atomic E-state index is 0.211. The molecule has 0 aliphatic heterocycles. The fourth-order valence-electron chi connectivity index (χ4n) is 2.14. The third-order valence-electron chi connectivity index (χ3n) is 3.03. The predicted molar refractivity (Wildman–Crippen MR) is 69.7 cm³/mol. The number of imidazole rings is 1. The third kappa shape index (κ3) is 2.20. The van der Waals surface area contributed by atoms with Crippen LogP contribution in [0.1, 0.15) is 21.7 Å². The Balaban J connectivity index is 1.99. The van der Waals surface area contributed by atoms with E-state index >= 15 is 0 Å². The molecule has 1 heterocycles. The Hall–Kier alpha value is -2.62. The second kappa shape index (κ2) is 4.57. The van der Waals surface area contributed by atoms with Crippen molar-refractivity contribution in [3.05, 3.63) is 65.5 Å². The lowest BCUT2D eigenvalue weighted by molar-refractivity contribution is -0.255. The Bertz CT molecular complexity index is 713. The lowest BCUT2D eigenvalue weighted by Gasteiger charge is -2.08. The SMILES string of the molecule is O=C([O-])c1ccccc1Cc1nc2ccccc2[nH]1. The average Bonchev–Trinajstić information content (AvgIpc) is 2.81. The van der Waals surface area contributed by atoms with E-state index in [1.165, 1.54) is 0 Å². The minimum atomic E-state index is -1.16. The number of aromatic nitrogens is 2. The van der Waals surface area contributed by atoms with Crippen LogP contribution in [-0.2, 0) is 6.42 Å². The van der Waals surface area contributed by atoms with Gasteiger partial charge in [-0.15, -0.1) is 0 Å². The van der Waals surface area contributed by atoms with Crippen LogP contribution in [0.2, 0.25) is 0 Å². The van der Waals surface area contributed by atoms with E-state index < -0.39 is 5.97 Å². The fourth-order valence-corrected chi connectivity index (χ4v) is 2.14. The van der Waals surface area contributed by atoms with Crippen molar-refractivity contribution in [2.75, 3.05) is 0 Å². The molecule has 4 nitrogen and oxygen atoms in total. The first-order chi connectivity index (χ1) is 9.24. The van der Waals surface area contributed by atoms with Crippen LogP contribution in [0.4, 0.5) is 0 Å². The number of nitrogens with zero attached hydrogens (tertiary/aromatic N) is 1. The number of nitrogens with one attached hydrogen (secondary N) is 1. The predicted octanol–water partition coefficient (Wildman–Crippen LogP) is 1.52. The molecule has 3 aromatic rings. The molecule has 19 heavy (non-hydrogen) atoms. The van der Waals surface area contributed by atoms with Gasteiger partial charge in [-0.3, -0.25) is 0 Å². The van der Waals surface area contributed by atoms with Crippen molar-refractivity contribution in [1.82, 2.24) is 9.97 Å². The number of hydrogen-bond donors (Lipinski definition) is 1. The highest BCUT2D eigenvalue weighted by atomic mass is 16.4. The van der Waals surface area contributed by atoms with E-state index in [4.69, 9.17) is 0 Å². The van der Waals surface area contributed by atoms with Gasteiger partial charge in [0.15, 0.2) is 0 Å². The molecule has 2 aromatic carbocycles. The molecule has 0 fully saturated rings. The number of carbonyl (C=O) groups excluding carboxylic acids is 1. The maximum absolute atomic E-state index is 11.0. The zero-order valence-electron chi connectivity index (χ0n) is 10.1. The summed E-state index contributed by atoms with van der Waals surface area (Å²) in [7, 11) is 0. The highest BCUT2D eigenvalue weighted by Crippen LogP contribution is 2.15. The Kier molecular flexibility index (Phi) is 2.76. The zero-order valence-corrected chi connectivity index (χ0v) is 10.1. The van der Waals surface area contributed by atoms with Crippen LogP contribution in [-0.4, -0.2) is 15.9 Å². The Labute approximate surface area is 109 Å². The summed E-state index contributed by atoms with van der Waals surface area (Å²) in [5, 5.41) is 11.0. The molecule has 0 aliphatic carbocycles. The smallest absolute Gasteiger partial charge is 0.111 e. The van der Waals surface area contributed by atoms with Gasteiger partial charge in [0, 0.05) is 12.0 Å². The number of aromatic amines is 1.